The largest absolute Gasteiger partial charge is 0.464 e. The van der Waals surface area contributed by atoms with E-state index in [4.69, 9.17) is 4.74 Å². The van der Waals surface area contributed by atoms with E-state index in [1.807, 2.05) is 42.6 Å². The van der Waals surface area contributed by atoms with Crippen molar-refractivity contribution in [3.63, 3.8) is 0 Å². The molecule has 4 heterocycles. The lowest BCUT2D eigenvalue weighted by Crippen LogP contribution is -2.24. The van der Waals surface area contributed by atoms with Gasteiger partial charge in [0.1, 0.15) is 23.2 Å². The molecule has 11 nitrogen and oxygen atoms in total. The Morgan fingerprint density at radius 3 is 2.62 bits per heavy atom. The summed E-state index contributed by atoms with van der Waals surface area (Å²) in [6.45, 7) is 0.223. The monoisotopic (exact) mass is 426 g/mol. The van der Waals surface area contributed by atoms with Crippen LogP contribution in [-0.4, -0.2) is 47.0 Å². The van der Waals surface area contributed by atoms with Crippen LogP contribution in [-0.2, 0) is 11.3 Å². The highest BCUT2D eigenvalue weighted by Crippen LogP contribution is 2.26. The van der Waals surface area contributed by atoms with Crippen LogP contribution in [0.15, 0.2) is 59.8 Å². The van der Waals surface area contributed by atoms with E-state index in [-0.39, 0.29) is 34.7 Å². The highest BCUT2D eigenvalue weighted by atomic mass is 16.5. The molecular formula is C21H14N8O3. The number of esters is 1. The predicted molar refractivity (Wildman–Crippen MR) is 112 cm³/mol. The van der Waals surface area contributed by atoms with Crippen molar-refractivity contribution in [1.29, 1.82) is 5.26 Å². The maximum atomic E-state index is 13.7. The molecule has 1 aromatic carbocycles. The van der Waals surface area contributed by atoms with Crippen LogP contribution < -0.4 is 5.56 Å². The zero-order chi connectivity index (χ0) is 22.2. The van der Waals surface area contributed by atoms with E-state index in [1.165, 1.54) is 13.4 Å². The maximum absolute atomic E-state index is 13.7. The van der Waals surface area contributed by atoms with Crippen LogP contribution in [0.1, 0.15) is 16.2 Å². The van der Waals surface area contributed by atoms with Crippen molar-refractivity contribution in [3.05, 3.63) is 76.7 Å². The minimum absolute atomic E-state index is 0.0152. The van der Waals surface area contributed by atoms with Crippen LogP contribution >= 0.6 is 0 Å². The topological polar surface area (TPSA) is 133 Å². The number of para-hydroxylation sites is 2. The van der Waals surface area contributed by atoms with Gasteiger partial charge in [-0.3, -0.25) is 18.7 Å². The number of rotatable bonds is 4. The molecule has 5 aromatic rings. The van der Waals surface area contributed by atoms with E-state index < -0.39 is 5.97 Å². The molecule has 156 valence electrons. The van der Waals surface area contributed by atoms with Gasteiger partial charge in [-0.1, -0.05) is 23.4 Å². The molecule has 0 saturated heterocycles. The number of imidazole rings is 1. The molecule has 0 atom stereocenters. The third-order valence-electron chi connectivity index (χ3n) is 5.06. The van der Waals surface area contributed by atoms with Crippen molar-refractivity contribution >= 4 is 22.5 Å². The fourth-order valence-electron chi connectivity index (χ4n) is 3.65. The second kappa shape index (κ2) is 7.44. The Labute approximate surface area is 179 Å². The fourth-order valence-corrected chi connectivity index (χ4v) is 3.65. The van der Waals surface area contributed by atoms with Gasteiger partial charge in [-0.15, -0.1) is 9.78 Å². The van der Waals surface area contributed by atoms with Crippen LogP contribution in [0.4, 0.5) is 0 Å². The molecule has 0 aliphatic carbocycles. The van der Waals surface area contributed by atoms with Crippen LogP contribution in [0, 0.1) is 11.5 Å². The van der Waals surface area contributed by atoms with Gasteiger partial charge in [-0.25, -0.2) is 9.78 Å². The molecule has 0 aliphatic heterocycles. The van der Waals surface area contributed by atoms with Crippen molar-refractivity contribution in [3.8, 4) is 17.6 Å². The van der Waals surface area contributed by atoms with Gasteiger partial charge in [0, 0.05) is 6.20 Å². The molecule has 0 fully saturated rings. The molecule has 0 spiro atoms. The lowest BCUT2D eigenvalue weighted by Gasteiger charge is -2.12. The standard InChI is InChI=1S/C21H14N8O3/c1-32-21(31)17-18(29(11-22)26-25-17)16-19-20(30)27(10-13-6-4-5-9-23-13)14-7-2-3-8-15(14)28(19)12-24-16/h2-9,12H,10H2,1H3. The Bertz CT molecular complexity index is 1590. The van der Waals surface area contributed by atoms with E-state index in [0.29, 0.717) is 16.7 Å². The first-order valence-corrected chi connectivity index (χ1v) is 9.47. The van der Waals surface area contributed by atoms with Gasteiger partial charge in [0.2, 0.25) is 11.9 Å². The quantitative estimate of drug-likeness (QED) is 0.395. The van der Waals surface area contributed by atoms with Gasteiger partial charge in [0.15, 0.2) is 0 Å². The van der Waals surface area contributed by atoms with E-state index in [9.17, 15) is 14.9 Å². The average molecular weight is 426 g/mol. The van der Waals surface area contributed by atoms with Crippen molar-refractivity contribution in [1.82, 2.24) is 33.9 Å². The molecule has 0 amide bonds. The van der Waals surface area contributed by atoms with E-state index >= 15 is 0 Å². The third-order valence-corrected chi connectivity index (χ3v) is 5.06. The summed E-state index contributed by atoms with van der Waals surface area (Å²) in [7, 11) is 1.19. The third kappa shape index (κ3) is 2.82. The smallest absolute Gasteiger partial charge is 0.361 e. The molecular weight excluding hydrogens is 412 g/mol. The summed E-state index contributed by atoms with van der Waals surface area (Å²) in [6.07, 6.45) is 4.95. The Hall–Kier alpha value is -4.85. The molecule has 5 rings (SSSR count). The lowest BCUT2D eigenvalue weighted by atomic mass is 10.2. The predicted octanol–water partition coefficient (Wildman–Crippen LogP) is 1.47. The van der Waals surface area contributed by atoms with Crippen molar-refractivity contribution in [2.45, 2.75) is 6.54 Å². The summed E-state index contributed by atoms with van der Waals surface area (Å²) >= 11 is 0. The molecule has 0 bridgehead atoms. The first-order chi connectivity index (χ1) is 15.6. The number of methoxy groups -OCH3 is 1. The van der Waals surface area contributed by atoms with Gasteiger partial charge in [0.05, 0.1) is 30.4 Å². The van der Waals surface area contributed by atoms with Crippen molar-refractivity contribution in [2.24, 2.45) is 0 Å². The Morgan fingerprint density at radius 1 is 1.12 bits per heavy atom. The summed E-state index contributed by atoms with van der Waals surface area (Å²) < 4.78 is 8.80. The number of carbonyl (C=O) groups excluding carboxylic acids is 1. The van der Waals surface area contributed by atoms with Gasteiger partial charge >= 0.3 is 5.97 Å². The van der Waals surface area contributed by atoms with E-state index in [2.05, 4.69) is 20.3 Å². The van der Waals surface area contributed by atoms with Crippen LogP contribution in [0.25, 0.3) is 27.9 Å². The Kier molecular flexibility index (Phi) is 4.45. The summed E-state index contributed by atoms with van der Waals surface area (Å²) in [4.78, 5) is 34.6. The first kappa shape index (κ1) is 19.1. The molecule has 0 aliphatic rings. The van der Waals surface area contributed by atoms with Gasteiger partial charge in [-0.2, -0.15) is 5.26 Å². The van der Waals surface area contributed by atoms with Gasteiger partial charge < -0.3 is 4.74 Å². The zero-order valence-electron chi connectivity index (χ0n) is 16.7. The fraction of sp³-hybridized carbons (Fsp3) is 0.0952. The van der Waals surface area contributed by atoms with E-state index in [0.717, 1.165) is 4.68 Å². The highest BCUT2D eigenvalue weighted by Gasteiger charge is 2.27. The SMILES string of the molecule is COC(=O)c1nnn(C#N)c1-c1ncn2c1c(=O)n(Cc1ccccn1)c1ccccc12. The van der Waals surface area contributed by atoms with Crippen molar-refractivity contribution in [2.75, 3.05) is 7.11 Å². The number of benzene rings is 1. The molecule has 0 radical (unpaired) electrons. The Balaban J connectivity index is 1.86. The molecule has 0 N–H and O–H groups in total. The number of hydrogen-bond acceptors (Lipinski definition) is 8. The van der Waals surface area contributed by atoms with Crippen LogP contribution in [0.3, 0.4) is 0 Å². The van der Waals surface area contributed by atoms with Gasteiger partial charge in [-0.05, 0) is 24.3 Å². The van der Waals surface area contributed by atoms with Crippen molar-refractivity contribution < 1.29 is 9.53 Å². The highest BCUT2D eigenvalue weighted by molar-refractivity contribution is 5.96. The van der Waals surface area contributed by atoms with Gasteiger partial charge in [0.25, 0.3) is 5.56 Å². The number of nitrogens with zero attached hydrogens (tertiary/aromatic N) is 8. The second-order valence-electron chi connectivity index (χ2n) is 6.80. The number of pyridine rings is 1. The average Bonchev–Trinajstić information content (AvgIpc) is 3.46. The lowest BCUT2D eigenvalue weighted by molar-refractivity contribution is 0.0595. The number of nitriles is 1. The molecule has 32 heavy (non-hydrogen) atoms. The summed E-state index contributed by atoms with van der Waals surface area (Å²) in [6, 6.07) is 12.8. The molecule has 4 aromatic heterocycles. The van der Waals surface area contributed by atoms with E-state index in [1.54, 1.807) is 21.2 Å². The minimum atomic E-state index is -0.794. The number of ether oxygens (including phenoxy) is 1. The summed E-state index contributed by atoms with van der Waals surface area (Å²) in [5.74, 6) is -0.794. The second-order valence-corrected chi connectivity index (χ2v) is 6.80. The normalized spacial score (nSPS) is 11.0. The van der Waals surface area contributed by atoms with Crippen LogP contribution in [0.2, 0.25) is 0 Å². The number of aromatic nitrogens is 7. The number of hydrogen-bond donors (Lipinski definition) is 0. The van der Waals surface area contributed by atoms with Crippen LogP contribution in [0.5, 0.6) is 0 Å². The molecule has 0 saturated carbocycles. The first-order valence-electron chi connectivity index (χ1n) is 9.47. The maximum Gasteiger partial charge on any atom is 0.361 e. The zero-order valence-corrected chi connectivity index (χ0v) is 16.7. The summed E-state index contributed by atoms with van der Waals surface area (Å²) in [5, 5.41) is 16.9. The number of carbonyl (C=O) groups is 1. The number of fused-ring (bicyclic) bond motifs is 3. The molecule has 11 heteroatoms. The summed E-state index contributed by atoms with van der Waals surface area (Å²) in [5.41, 5.74) is 1.77. The molecule has 0 unspecified atom stereocenters. The Morgan fingerprint density at radius 2 is 1.91 bits per heavy atom. The minimum Gasteiger partial charge on any atom is -0.464 e.